The lowest BCUT2D eigenvalue weighted by Crippen LogP contribution is -2.19. The maximum absolute atomic E-state index is 11.2. The van der Waals surface area contributed by atoms with E-state index in [1.165, 1.54) is 19.3 Å². The third-order valence-electron chi connectivity index (χ3n) is 3.59. The number of aliphatic carboxylic acids is 1. The SMILES string of the molecule is CCCCCCC(c1ccccc1)C(C)C(=O)O. The largest absolute Gasteiger partial charge is 0.481 e. The molecule has 0 saturated heterocycles. The minimum absolute atomic E-state index is 0.139. The van der Waals surface area contributed by atoms with Crippen LogP contribution in [-0.2, 0) is 4.79 Å². The van der Waals surface area contributed by atoms with E-state index in [1.807, 2.05) is 37.3 Å². The number of carboxylic acid groups (broad SMARTS) is 1. The van der Waals surface area contributed by atoms with Gasteiger partial charge in [-0.15, -0.1) is 0 Å². The van der Waals surface area contributed by atoms with E-state index >= 15 is 0 Å². The van der Waals surface area contributed by atoms with Crippen LogP contribution in [0.5, 0.6) is 0 Å². The van der Waals surface area contributed by atoms with Crippen LogP contribution in [0.3, 0.4) is 0 Å². The highest BCUT2D eigenvalue weighted by atomic mass is 16.4. The van der Waals surface area contributed by atoms with Gasteiger partial charge in [0.25, 0.3) is 0 Å². The van der Waals surface area contributed by atoms with Crippen LogP contribution < -0.4 is 0 Å². The van der Waals surface area contributed by atoms with Gasteiger partial charge in [0, 0.05) is 0 Å². The predicted octanol–water partition coefficient (Wildman–Crippen LogP) is 4.46. The second kappa shape index (κ2) is 7.91. The summed E-state index contributed by atoms with van der Waals surface area (Å²) in [5.74, 6) is -0.867. The Bertz CT molecular complexity index is 345. The molecule has 0 aliphatic carbocycles. The summed E-state index contributed by atoms with van der Waals surface area (Å²) in [6, 6.07) is 10.0. The van der Waals surface area contributed by atoms with Crippen molar-refractivity contribution in [1.29, 1.82) is 0 Å². The molecule has 0 aliphatic rings. The zero-order valence-electron chi connectivity index (χ0n) is 11.4. The van der Waals surface area contributed by atoms with Gasteiger partial charge in [-0.2, -0.15) is 0 Å². The van der Waals surface area contributed by atoms with Crippen LogP contribution in [-0.4, -0.2) is 11.1 Å². The van der Waals surface area contributed by atoms with Crippen LogP contribution in [0.1, 0.15) is 57.4 Å². The summed E-state index contributed by atoms with van der Waals surface area (Å²) in [5.41, 5.74) is 1.16. The second-order valence-electron chi connectivity index (χ2n) is 4.99. The summed E-state index contributed by atoms with van der Waals surface area (Å²) in [6.07, 6.45) is 5.74. The van der Waals surface area contributed by atoms with Gasteiger partial charge in [-0.3, -0.25) is 4.79 Å². The molecule has 1 N–H and O–H groups in total. The molecule has 1 aromatic carbocycles. The van der Waals surface area contributed by atoms with Crippen LogP contribution in [0.15, 0.2) is 30.3 Å². The van der Waals surface area contributed by atoms with Gasteiger partial charge < -0.3 is 5.11 Å². The fourth-order valence-corrected chi connectivity index (χ4v) is 2.37. The summed E-state index contributed by atoms with van der Waals surface area (Å²) < 4.78 is 0. The van der Waals surface area contributed by atoms with Crippen molar-refractivity contribution in [2.75, 3.05) is 0 Å². The predicted molar refractivity (Wildman–Crippen MR) is 74.7 cm³/mol. The Morgan fingerprint density at radius 2 is 1.83 bits per heavy atom. The standard InChI is InChI=1S/C16H24O2/c1-3-4-5-9-12-15(13(2)16(17)18)14-10-7-6-8-11-14/h6-8,10-11,13,15H,3-5,9,12H2,1-2H3,(H,17,18). The summed E-state index contributed by atoms with van der Waals surface area (Å²) in [6.45, 7) is 4.01. The van der Waals surface area contributed by atoms with Gasteiger partial charge in [-0.1, -0.05) is 69.9 Å². The van der Waals surface area contributed by atoms with E-state index in [9.17, 15) is 9.90 Å². The van der Waals surface area contributed by atoms with E-state index in [1.54, 1.807) is 0 Å². The highest BCUT2D eigenvalue weighted by molar-refractivity contribution is 5.70. The second-order valence-corrected chi connectivity index (χ2v) is 4.99. The Kier molecular flexibility index (Phi) is 6.48. The number of rotatable bonds is 8. The first-order valence-electron chi connectivity index (χ1n) is 6.94. The van der Waals surface area contributed by atoms with Crippen molar-refractivity contribution in [2.45, 2.75) is 51.9 Å². The smallest absolute Gasteiger partial charge is 0.306 e. The Labute approximate surface area is 110 Å². The molecule has 100 valence electrons. The van der Waals surface area contributed by atoms with Crippen LogP contribution in [0, 0.1) is 5.92 Å². The molecule has 0 saturated carbocycles. The Hall–Kier alpha value is -1.31. The highest BCUT2D eigenvalue weighted by Crippen LogP contribution is 2.30. The van der Waals surface area contributed by atoms with E-state index in [0.29, 0.717) is 0 Å². The molecule has 1 rings (SSSR count). The van der Waals surface area contributed by atoms with Gasteiger partial charge in [0.05, 0.1) is 5.92 Å². The summed E-state index contributed by atoms with van der Waals surface area (Å²) in [4.78, 5) is 11.2. The summed E-state index contributed by atoms with van der Waals surface area (Å²) in [7, 11) is 0. The summed E-state index contributed by atoms with van der Waals surface area (Å²) in [5, 5.41) is 9.22. The normalized spacial score (nSPS) is 14.1. The molecule has 18 heavy (non-hydrogen) atoms. The number of carboxylic acids is 1. The zero-order chi connectivity index (χ0) is 13.4. The van der Waals surface area contributed by atoms with Crippen molar-refractivity contribution in [3.8, 4) is 0 Å². The molecule has 2 heteroatoms. The molecule has 0 amide bonds. The fraction of sp³-hybridized carbons (Fsp3) is 0.562. The topological polar surface area (TPSA) is 37.3 Å². The number of hydrogen-bond donors (Lipinski definition) is 1. The highest BCUT2D eigenvalue weighted by Gasteiger charge is 2.24. The van der Waals surface area contributed by atoms with Gasteiger partial charge in [-0.25, -0.2) is 0 Å². The van der Waals surface area contributed by atoms with Gasteiger partial charge >= 0.3 is 5.97 Å². The van der Waals surface area contributed by atoms with Crippen molar-refractivity contribution in [3.05, 3.63) is 35.9 Å². The minimum Gasteiger partial charge on any atom is -0.481 e. The Morgan fingerprint density at radius 1 is 1.17 bits per heavy atom. The first kappa shape index (κ1) is 14.7. The van der Waals surface area contributed by atoms with Crippen molar-refractivity contribution in [1.82, 2.24) is 0 Å². The fourth-order valence-electron chi connectivity index (χ4n) is 2.37. The Morgan fingerprint density at radius 3 is 2.39 bits per heavy atom. The van der Waals surface area contributed by atoms with E-state index in [2.05, 4.69) is 6.92 Å². The van der Waals surface area contributed by atoms with Crippen LogP contribution >= 0.6 is 0 Å². The van der Waals surface area contributed by atoms with Gasteiger partial charge in [-0.05, 0) is 17.9 Å². The molecule has 2 atom stereocenters. The quantitative estimate of drug-likeness (QED) is 0.689. The average Bonchev–Trinajstić information content (AvgIpc) is 2.39. The first-order valence-corrected chi connectivity index (χ1v) is 6.94. The number of carbonyl (C=O) groups is 1. The molecule has 0 radical (unpaired) electrons. The number of unbranched alkanes of at least 4 members (excludes halogenated alkanes) is 3. The Balaban J connectivity index is 2.67. The molecule has 0 fully saturated rings. The molecular formula is C16H24O2. The molecule has 0 aliphatic heterocycles. The van der Waals surface area contributed by atoms with E-state index < -0.39 is 5.97 Å². The molecule has 1 aromatic rings. The van der Waals surface area contributed by atoms with Crippen molar-refractivity contribution in [3.63, 3.8) is 0 Å². The van der Waals surface area contributed by atoms with E-state index in [4.69, 9.17) is 0 Å². The maximum Gasteiger partial charge on any atom is 0.306 e. The average molecular weight is 248 g/mol. The number of hydrogen-bond acceptors (Lipinski definition) is 1. The van der Waals surface area contributed by atoms with Crippen LogP contribution in [0.4, 0.5) is 0 Å². The molecule has 2 nitrogen and oxygen atoms in total. The third kappa shape index (κ3) is 4.52. The lowest BCUT2D eigenvalue weighted by molar-refractivity contribution is -0.142. The monoisotopic (exact) mass is 248 g/mol. The molecule has 0 aromatic heterocycles. The summed E-state index contributed by atoms with van der Waals surface area (Å²) >= 11 is 0. The van der Waals surface area contributed by atoms with E-state index in [0.717, 1.165) is 18.4 Å². The lowest BCUT2D eigenvalue weighted by atomic mass is 9.83. The first-order chi connectivity index (χ1) is 8.66. The maximum atomic E-state index is 11.2. The molecule has 0 bridgehead atoms. The van der Waals surface area contributed by atoms with Crippen LogP contribution in [0.2, 0.25) is 0 Å². The van der Waals surface area contributed by atoms with Gasteiger partial charge in [0.1, 0.15) is 0 Å². The molecule has 0 heterocycles. The lowest BCUT2D eigenvalue weighted by Gasteiger charge is -2.21. The van der Waals surface area contributed by atoms with Crippen molar-refractivity contribution in [2.24, 2.45) is 5.92 Å². The van der Waals surface area contributed by atoms with E-state index in [-0.39, 0.29) is 11.8 Å². The van der Waals surface area contributed by atoms with Crippen LogP contribution in [0.25, 0.3) is 0 Å². The van der Waals surface area contributed by atoms with Gasteiger partial charge in [0.15, 0.2) is 0 Å². The van der Waals surface area contributed by atoms with Gasteiger partial charge in [0.2, 0.25) is 0 Å². The van der Waals surface area contributed by atoms with Crippen molar-refractivity contribution < 1.29 is 9.90 Å². The molecular weight excluding hydrogens is 224 g/mol. The number of benzene rings is 1. The zero-order valence-corrected chi connectivity index (χ0v) is 11.4. The van der Waals surface area contributed by atoms with Crippen molar-refractivity contribution >= 4 is 5.97 Å². The minimum atomic E-state index is -0.695. The third-order valence-corrected chi connectivity index (χ3v) is 3.59. The molecule has 2 unspecified atom stereocenters. The molecule has 0 spiro atoms.